The fraction of sp³-hybridized carbons (Fsp3) is 0.600. The predicted octanol–water partition coefficient (Wildman–Crippen LogP) is 2.70. The number of methoxy groups -OCH3 is 1. The smallest absolute Gasteiger partial charge is 0.151 e. The minimum atomic E-state index is -3.04. The van der Waals surface area contributed by atoms with Gasteiger partial charge >= 0.3 is 0 Å². The van der Waals surface area contributed by atoms with Crippen LogP contribution in [0, 0.1) is 5.92 Å². The van der Waals surface area contributed by atoms with Gasteiger partial charge in [0.2, 0.25) is 0 Å². The van der Waals surface area contributed by atoms with Gasteiger partial charge in [-0.15, -0.1) is 0 Å². The van der Waals surface area contributed by atoms with E-state index >= 15 is 0 Å². The van der Waals surface area contributed by atoms with Gasteiger partial charge in [-0.05, 0) is 17.5 Å². The van der Waals surface area contributed by atoms with Gasteiger partial charge < -0.3 is 10.1 Å². The zero-order valence-electron chi connectivity index (χ0n) is 12.7. The van der Waals surface area contributed by atoms with Crippen LogP contribution in [0.1, 0.15) is 25.8 Å². The van der Waals surface area contributed by atoms with Crippen molar-refractivity contribution in [3.8, 4) is 0 Å². The van der Waals surface area contributed by atoms with E-state index in [1.54, 1.807) is 7.11 Å². The molecule has 1 N–H and O–H groups in total. The van der Waals surface area contributed by atoms with E-state index in [-0.39, 0.29) is 11.9 Å². The first-order chi connectivity index (χ1) is 9.37. The van der Waals surface area contributed by atoms with Crippen LogP contribution in [0.15, 0.2) is 24.3 Å². The summed E-state index contributed by atoms with van der Waals surface area (Å²) in [6, 6.07) is 7.51. The summed E-state index contributed by atoms with van der Waals surface area (Å²) in [6.07, 6.45) is 2.41. The largest absolute Gasteiger partial charge is 0.382 e. The van der Waals surface area contributed by atoms with Crippen molar-refractivity contribution in [1.29, 1.82) is 0 Å². The molecule has 1 aromatic carbocycles. The highest BCUT2D eigenvalue weighted by Gasteiger charge is 2.16. The Bertz CT molecular complexity index is 514. The Labute approximate surface area is 122 Å². The molecule has 0 aliphatic rings. The monoisotopic (exact) mass is 299 g/mol. The predicted molar refractivity (Wildman–Crippen MR) is 83.7 cm³/mol. The maximum atomic E-state index is 11.4. The van der Waals surface area contributed by atoms with Gasteiger partial charge in [-0.2, -0.15) is 0 Å². The normalized spacial score (nSPS) is 14.8. The molecule has 0 aliphatic carbocycles. The molecule has 0 fully saturated rings. The van der Waals surface area contributed by atoms with Crippen LogP contribution in [0.2, 0.25) is 0 Å². The van der Waals surface area contributed by atoms with Crippen LogP contribution < -0.4 is 5.32 Å². The van der Waals surface area contributed by atoms with E-state index in [1.807, 2.05) is 24.3 Å². The number of ether oxygens (including phenoxy) is 1. The van der Waals surface area contributed by atoms with Crippen LogP contribution in [-0.2, 0) is 20.3 Å². The van der Waals surface area contributed by atoms with Crippen molar-refractivity contribution in [2.24, 2.45) is 5.92 Å². The van der Waals surface area contributed by atoms with Crippen molar-refractivity contribution in [2.75, 3.05) is 25.2 Å². The molecule has 0 amide bonds. The minimum absolute atomic E-state index is 0.0527. The number of sulfone groups is 1. The third-order valence-corrected chi connectivity index (χ3v) is 4.35. The summed E-state index contributed by atoms with van der Waals surface area (Å²) in [6.45, 7) is 4.96. The summed E-state index contributed by atoms with van der Waals surface area (Å²) in [5.41, 5.74) is 1.66. The van der Waals surface area contributed by atoms with Crippen molar-refractivity contribution < 1.29 is 13.2 Å². The first kappa shape index (κ1) is 17.0. The van der Waals surface area contributed by atoms with Crippen LogP contribution in [0.5, 0.6) is 0 Å². The summed E-state index contributed by atoms with van der Waals surface area (Å²) in [4.78, 5) is 0. The molecule has 1 aromatic rings. The Morgan fingerprint density at radius 1 is 1.30 bits per heavy atom. The summed E-state index contributed by atoms with van der Waals surface area (Å²) in [7, 11) is -1.33. The Hall–Kier alpha value is -1.07. The average molecular weight is 299 g/mol. The van der Waals surface area contributed by atoms with E-state index < -0.39 is 9.84 Å². The lowest BCUT2D eigenvalue weighted by molar-refractivity contribution is 0.0674. The third kappa shape index (κ3) is 5.51. The van der Waals surface area contributed by atoms with E-state index in [2.05, 4.69) is 19.2 Å². The Balaban J connectivity index is 2.77. The molecule has 5 heteroatoms. The van der Waals surface area contributed by atoms with Crippen molar-refractivity contribution in [3.63, 3.8) is 0 Å². The van der Waals surface area contributed by atoms with Crippen LogP contribution >= 0.6 is 0 Å². The average Bonchev–Trinajstić information content (AvgIpc) is 2.39. The number of nitrogens with one attached hydrogen (secondary N) is 1. The quantitative estimate of drug-likeness (QED) is 0.802. The Morgan fingerprint density at radius 2 is 1.95 bits per heavy atom. The molecule has 2 atom stereocenters. The molecule has 20 heavy (non-hydrogen) atoms. The van der Waals surface area contributed by atoms with Crippen molar-refractivity contribution in [2.45, 2.75) is 32.1 Å². The van der Waals surface area contributed by atoms with Crippen LogP contribution in [0.25, 0.3) is 0 Å². The number of para-hydroxylation sites is 1. The van der Waals surface area contributed by atoms with Crippen molar-refractivity contribution in [3.05, 3.63) is 29.8 Å². The fourth-order valence-corrected chi connectivity index (χ4v) is 2.91. The fourth-order valence-electron chi connectivity index (χ4n) is 2.09. The maximum Gasteiger partial charge on any atom is 0.151 e. The third-order valence-electron chi connectivity index (χ3n) is 3.51. The number of hydrogen-bond acceptors (Lipinski definition) is 4. The van der Waals surface area contributed by atoms with Gasteiger partial charge in [0.05, 0.1) is 11.9 Å². The summed E-state index contributed by atoms with van der Waals surface area (Å²) >= 11 is 0. The molecule has 2 unspecified atom stereocenters. The molecule has 0 heterocycles. The van der Waals surface area contributed by atoms with Gasteiger partial charge in [-0.1, -0.05) is 38.5 Å². The van der Waals surface area contributed by atoms with E-state index in [1.165, 1.54) is 6.26 Å². The van der Waals surface area contributed by atoms with Crippen LogP contribution in [0.4, 0.5) is 5.69 Å². The molecule has 0 saturated carbocycles. The zero-order valence-corrected chi connectivity index (χ0v) is 13.5. The van der Waals surface area contributed by atoms with Gasteiger partial charge in [0.25, 0.3) is 0 Å². The first-order valence-corrected chi connectivity index (χ1v) is 8.95. The van der Waals surface area contributed by atoms with Gasteiger partial charge in [0, 0.05) is 25.6 Å². The van der Waals surface area contributed by atoms with E-state index in [0.29, 0.717) is 12.5 Å². The van der Waals surface area contributed by atoms with E-state index in [9.17, 15) is 8.42 Å². The van der Waals surface area contributed by atoms with Crippen LogP contribution in [0.3, 0.4) is 0 Å². The molecule has 0 bridgehead atoms. The van der Waals surface area contributed by atoms with Gasteiger partial charge in [0.1, 0.15) is 0 Å². The number of rotatable bonds is 8. The number of anilines is 1. The highest BCUT2D eigenvalue weighted by Crippen LogP contribution is 2.19. The maximum absolute atomic E-state index is 11.4. The summed E-state index contributed by atoms with van der Waals surface area (Å²) < 4.78 is 28.4. The SMILES string of the molecule is CCC(C)C(CNc1ccccc1CS(C)(=O)=O)OC. The van der Waals surface area contributed by atoms with Gasteiger partial charge in [0.15, 0.2) is 9.84 Å². The van der Waals surface area contributed by atoms with Gasteiger partial charge in [-0.25, -0.2) is 8.42 Å². The summed E-state index contributed by atoms with van der Waals surface area (Å²) in [5.74, 6) is 0.506. The number of hydrogen-bond donors (Lipinski definition) is 1. The molecule has 114 valence electrons. The standard InChI is InChI=1S/C15H25NO3S/c1-5-12(2)15(19-3)10-16-14-9-7-6-8-13(14)11-20(4,17)18/h6-9,12,15-16H,5,10-11H2,1-4H3. The summed E-state index contributed by atoms with van der Waals surface area (Å²) in [5, 5.41) is 3.31. The highest BCUT2D eigenvalue weighted by molar-refractivity contribution is 7.89. The molecule has 0 aromatic heterocycles. The molecule has 0 aliphatic heterocycles. The first-order valence-electron chi connectivity index (χ1n) is 6.89. The second-order valence-corrected chi connectivity index (χ2v) is 7.41. The molecule has 0 radical (unpaired) electrons. The molecule has 0 spiro atoms. The lowest BCUT2D eigenvalue weighted by Crippen LogP contribution is -2.28. The highest BCUT2D eigenvalue weighted by atomic mass is 32.2. The molecular weight excluding hydrogens is 274 g/mol. The van der Waals surface area contributed by atoms with Crippen LogP contribution in [-0.4, -0.2) is 34.4 Å². The molecular formula is C15H25NO3S. The lowest BCUT2D eigenvalue weighted by atomic mass is 10.0. The number of benzene rings is 1. The molecule has 1 rings (SSSR count). The zero-order chi connectivity index (χ0) is 15.2. The molecule has 0 saturated heterocycles. The topological polar surface area (TPSA) is 55.4 Å². The van der Waals surface area contributed by atoms with E-state index in [0.717, 1.165) is 17.7 Å². The van der Waals surface area contributed by atoms with Crippen molar-refractivity contribution >= 4 is 15.5 Å². The van der Waals surface area contributed by atoms with Crippen molar-refractivity contribution in [1.82, 2.24) is 0 Å². The van der Waals surface area contributed by atoms with E-state index in [4.69, 9.17) is 4.74 Å². The lowest BCUT2D eigenvalue weighted by Gasteiger charge is -2.23. The second kappa shape index (κ2) is 7.64. The second-order valence-electron chi connectivity index (χ2n) is 5.27. The molecule has 4 nitrogen and oxygen atoms in total. The Morgan fingerprint density at radius 3 is 2.50 bits per heavy atom. The van der Waals surface area contributed by atoms with Gasteiger partial charge in [-0.3, -0.25) is 0 Å². The minimum Gasteiger partial charge on any atom is -0.382 e. The Kier molecular flexibility index (Phi) is 6.49.